The van der Waals surface area contributed by atoms with Crippen molar-refractivity contribution < 1.29 is 4.74 Å². The van der Waals surface area contributed by atoms with Gasteiger partial charge in [0.05, 0.1) is 18.9 Å². The van der Waals surface area contributed by atoms with Gasteiger partial charge >= 0.3 is 0 Å². The third kappa shape index (κ3) is 2.87. The van der Waals surface area contributed by atoms with Gasteiger partial charge in [-0.1, -0.05) is 13.3 Å². The summed E-state index contributed by atoms with van der Waals surface area (Å²) < 4.78 is 5.83. The molecule has 94 valence electrons. The maximum atomic E-state index is 11.8. The van der Waals surface area contributed by atoms with E-state index in [2.05, 4.69) is 37.7 Å². The largest absolute Gasteiger partial charge is 0.378 e. The Morgan fingerprint density at radius 2 is 2.18 bits per heavy atom. The Balaban J connectivity index is 2.30. The van der Waals surface area contributed by atoms with Crippen LogP contribution in [-0.2, 0) is 11.2 Å². The van der Waals surface area contributed by atoms with Crippen molar-refractivity contribution in [3.8, 4) is 0 Å². The van der Waals surface area contributed by atoms with Crippen molar-refractivity contribution in [2.45, 2.75) is 19.8 Å². The monoisotopic (exact) mass is 301 g/mol. The van der Waals surface area contributed by atoms with E-state index in [1.54, 1.807) is 0 Å². The van der Waals surface area contributed by atoms with Crippen LogP contribution < -0.4 is 10.5 Å². The number of morpholine rings is 1. The van der Waals surface area contributed by atoms with Gasteiger partial charge in [0.25, 0.3) is 5.56 Å². The van der Waals surface area contributed by atoms with Crippen molar-refractivity contribution in [3.05, 3.63) is 20.5 Å². The second-order valence-corrected chi connectivity index (χ2v) is 4.79. The summed E-state index contributed by atoms with van der Waals surface area (Å²) in [6, 6.07) is 0. The number of rotatable bonds is 3. The number of aromatic nitrogens is 2. The van der Waals surface area contributed by atoms with E-state index < -0.39 is 0 Å². The highest BCUT2D eigenvalue weighted by Gasteiger charge is 2.16. The molecule has 1 aliphatic rings. The molecule has 0 unspecified atom stereocenters. The van der Waals surface area contributed by atoms with Crippen LogP contribution in [0.5, 0.6) is 0 Å². The first-order valence-electron chi connectivity index (χ1n) is 5.83. The van der Waals surface area contributed by atoms with Gasteiger partial charge in [0.1, 0.15) is 4.47 Å². The fourth-order valence-electron chi connectivity index (χ4n) is 1.82. The van der Waals surface area contributed by atoms with Crippen LogP contribution in [0, 0.1) is 0 Å². The summed E-state index contributed by atoms with van der Waals surface area (Å²) in [5, 5.41) is 0. The van der Waals surface area contributed by atoms with Crippen LogP contribution in [0.3, 0.4) is 0 Å². The fourth-order valence-corrected chi connectivity index (χ4v) is 2.21. The molecule has 0 spiro atoms. The molecule has 17 heavy (non-hydrogen) atoms. The quantitative estimate of drug-likeness (QED) is 0.915. The van der Waals surface area contributed by atoms with Crippen LogP contribution in [0.2, 0.25) is 0 Å². The molecule has 2 heterocycles. The maximum absolute atomic E-state index is 11.8. The number of nitrogens with zero attached hydrogens (tertiary/aromatic N) is 2. The zero-order valence-corrected chi connectivity index (χ0v) is 11.4. The van der Waals surface area contributed by atoms with Gasteiger partial charge in [-0.2, -0.15) is 0 Å². The zero-order valence-electron chi connectivity index (χ0n) is 9.83. The Kier molecular flexibility index (Phi) is 4.17. The van der Waals surface area contributed by atoms with E-state index in [1.807, 2.05) is 0 Å². The Morgan fingerprint density at radius 1 is 1.47 bits per heavy atom. The van der Waals surface area contributed by atoms with Crippen LogP contribution in [0.25, 0.3) is 0 Å². The Hall–Kier alpha value is -0.880. The normalized spacial score (nSPS) is 16.2. The summed E-state index contributed by atoms with van der Waals surface area (Å²) in [7, 11) is 0. The predicted octanol–water partition coefficient (Wildman–Crippen LogP) is 1.32. The molecule has 1 aromatic rings. The fraction of sp³-hybridized carbons (Fsp3) is 0.636. The van der Waals surface area contributed by atoms with Crippen molar-refractivity contribution in [1.29, 1.82) is 0 Å². The molecule has 6 heteroatoms. The molecule has 0 atom stereocenters. The number of nitrogens with one attached hydrogen (secondary N) is 1. The number of hydrogen-bond donors (Lipinski definition) is 1. The Labute approximate surface area is 108 Å². The molecule has 5 nitrogen and oxygen atoms in total. The van der Waals surface area contributed by atoms with Gasteiger partial charge in [0.2, 0.25) is 5.95 Å². The molecule has 1 saturated heterocycles. The van der Waals surface area contributed by atoms with Gasteiger partial charge in [0.15, 0.2) is 0 Å². The molecule has 0 radical (unpaired) electrons. The summed E-state index contributed by atoms with van der Waals surface area (Å²) in [5.41, 5.74) is 0.725. The van der Waals surface area contributed by atoms with Crippen molar-refractivity contribution in [3.63, 3.8) is 0 Å². The summed E-state index contributed by atoms with van der Waals surface area (Å²) in [6.45, 7) is 4.99. The minimum absolute atomic E-state index is 0.107. The van der Waals surface area contributed by atoms with Crippen molar-refractivity contribution in [2.24, 2.45) is 0 Å². The number of aromatic amines is 1. The van der Waals surface area contributed by atoms with Crippen LogP contribution in [0.4, 0.5) is 5.95 Å². The summed E-state index contributed by atoms with van der Waals surface area (Å²) >= 11 is 3.29. The maximum Gasteiger partial charge on any atom is 0.266 e. The standard InChI is InChI=1S/C11H16BrN3O2/c1-2-3-8-9(12)10(16)14-11(13-8)15-4-6-17-7-5-15/h2-7H2,1H3,(H,13,14,16). The van der Waals surface area contributed by atoms with Gasteiger partial charge in [-0.25, -0.2) is 4.98 Å². The molecule has 2 rings (SSSR count). The van der Waals surface area contributed by atoms with Crippen molar-refractivity contribution in [1.82, 2.24) is 9.97 Å². The number of ether oxygens (including phenoxy) is 1. The molecule has 0 aliphatic carbocycles. The van der Waals surface area contributed by atoms with Crippen LogP contribution in [0.15, 0.2) is 9.27 Å². The van der Waals surface area contributed by atoms with E-state index >= 15 is 0 Å². The van der Waals surface area contributed by atoms with Crippen LogP contribution in [-0.4, -0.2) is 36.3 Å². The number of halogens is 1. The molecule has 1 aliphatic heterocycles. The van der Waals surface area contributed by atoms with E-state index in [-0.39, 0.29) is 5.56 Å². The van der Waals surface area contributed by atoms with Crippen molar-refractivity contribution in [2.75, 3.05) is 31.2 Å². The third-order valence-electron chi connectivity index (χ3n) is 2.72. The minimum Gasteiger partial charge on any atom is -0.378 e. The SMILES string of the molecule is CCCc1nc(N2CCOCC2)[nH]c(=O)c1Br. The molecular formula is C11H16BrN3O2. The first kappa shape index (κ1) is 12.6. The highest BCUT2D eigenvalue weighted by atomic mass is 79.9. The van der Waals surface area contributed by atoms with E-state index in [4.69, 9.17) is 4.74 Å². The van der Waals surface area contributed by atoms with Gasteiger partial charge in [-0.05, 0) is 22.4 Å². The van der Waals surface area contributed by atoms with Gasteiger partial charge in [0, 0.05) is 13.1 Å². The second-order valence-electron chi connectivity index (χ2n) is 4.00. The topological polar surface area (TPSA) is 58.2 Å². The number of hydrogen-bond acceptors (Lipinski definition) is 4. The van der Waals surface area contributed by atoms with Gasteiger partial charge < -0.3 is 9.64 Å². The third-order valence-corrected chi connectivity index (χ3v) is 3.53. The molecule has 1 aromatic heterocycles. The van der Waals surface area contributed by atoms with Crippen LogP contribution in [0.1, 0.15) is 19.0 Å². The summed E-state index contributed by atoms with van der Waals surface area (Å²) in [6.07, 6.45) is 1.78. The van der Waals surface area contributed by atoms with Gasteiger partial charge in [-0.3, -0.25) is 9.78 Å². The highest BCUT2D eigenvalue weighted by molar-refractivity contribution is 9.10. The molecule has 1 N–H and O–H groups in total. The summed E-state index contributed by atoms with van der Waals surface area (Å²) in [4.78, 5) is 21.1. The Bertz CT molecular complexity index is 441. The number of aryl methyl sites for hydroxylation is 1. The predicted molar refractivity (Wildman–Crippen MR) is 69.6 cm³/mol. The molecule has 1 fully saturated rings. The van der Waals surface area contributed by atoms with E-state index in [0.29, 0.717) is 23.6 Å². The smallest absolute Gasteiger partial charge is 0.266 e. The molecule has 0 bridgehead atoms. The molecule has 0 saturated carbocycles. The zero-order chi connectivity index (χ0) is 12.3. The summed E-state index contributed by atoms with van der Waals surface area (Å²) in [5.74, 6) is 0.657. The lowest BCUT2D eigenvalue weighted by Crippen LogP contribution is -2.38. The van der Waals surface area contributed by atoms with E-state index in [9.17, 15) is 4.79 Å². The van der Waals surface area contributed by atoms with E-state index in [0.717, 1.165) is 31.6 Å². The van der Waals surface area contributed by atoms with Crippen molar-refractivity contribution >= 4 is 21.9 Å². The van der Waals surface area contributed by atoms with E-state index in [1.165, 1.54) is 0 Å². The lowest BCUT2D eigenvalue weighted by molar-refractivity contribution is 0.122. The number of anilines is 1. The second kappa shape index (κ2) is 5.64. The highest BCUT2D eigenvalue weighted by Crippen LogP contribution is 2.15. The lowest BCUT2D eigenvalue weighted by atomic mass is 10.2. The van der Waals surface area contributed by atoms with Crippen LogP contribution >= 0.6 is 15.9 Å². The minimum atomic E-state index is -0.107. The molecule has 0 aromatic carbocycles. The first-order valence-corrected chi connectivity index (χ1v) is 6.63. The molecule has 0 amide bonds. The molecular weight excluding hydrogens is 286 g/mol. The number of H-pyrrole nitrogens is 1. The average molecular weight is 302 g/mol. The Morgan fingerprint density at radius 3 is 2.82 bits per heavy atom. The van der Waals surface area contributed by atoms with Gasteiger partial charge in [-0.15, -0.1) is 0 Å². The first-order chi connectivity index (χ1) is 8.22. The lowest BCUT2D eigenvalue weighted by Gasteiger charge is -2.27. The average Bonchev–Trinajstić information content (AvgIpc) is 2.36.